The molecule has 0 aliphatic carbocycles. The number of halogens is 1. The fourth-order valence-corrected chi connectivity index (χ4v) is 4.57. The summed E-state index contributed by atoms with van der Waals surface area (Å²) in [6.07, 6.45) is 8.60. The van der Waals surface area contributed by atoms with E-state index in [9.17, 15) is 0 Å². The van der Waals surface area contributed by atoms with E-state index in [2.05, 4.69) is 123 Å². The van der Waals surface area contributed by atoms with Gasteiger partial charge < -0.3 is 4.98 Å². The zero-order valence-corrected chi connectivity index (χ0v) is 23.7. The summed E-state index contributed by atoms with van der Waals surface area (Å²) in [5, 5.41) is 0. The van der Waals surface area contributed by atoms with Crippen LogP contribution in [0.5, 0.6) is 0 Å². The molecule has 0 aliphatic heterocycles. The summed E-state index contributed by atoms with van der Waals surface area (Å²) in [5.74, 6) is 2.11. The summed E-state index contributed by atoms with van der Waals surface area (Å²) in [5.41, 5.74) is 9.85. The lowest BCUT2D eigenvalue weighted by Crippen LogP contribution is -2.42. The molecule has 0 fully saturated rings. The van der Waals surface area contributed by atoms with Gasteiger partial charge in [0.2, 0.25) is 6.71 Å². The van der Waals surface area contributed by atoms with Crippen molar-refractivity contribution in [3.63, 3.8) is 0 Å². The summed E-state index contributed by atoms with van der Waals surface area (Å²) in [6, 6.07) is 26.6. The van der Waals surface area contributed by atoms with E-state index in [4.69, 9.17) is 11.6 Å². The molecule has 2 nitrogen and oxygen atoms in total. The van der Waals surface area contributed by atoms with Crippen molar-refractivity contribution in [2.75, 3.05) is 0 Å². The van der Waals surface area contributed by atoms with Gasteiger partial charge in [-0.15, -0.1) is 0 Å². The zero-order valence-electron chi connectivity index (χ0n) is 22.9. The van der Waals surface area contributed by atoms with Crippen LogP contribution in [0, 0.1) is 0 Å². The van der Waals surface area contributed by atoms with Crippen LogP contribution in [0.25, 0.3) is 0 Å². The molecule has 0 amide bonds. The number of aromatic nitrogens is 2. The fourth-order valence-electron chi connectivity index (χ4n) is 4.47. The average Bonchev–Trinajstić information content (AvgIpc) is 3.43. The molecule has 192 valence electrons. The lowest BCUT2D eigenvalue weighted by atomic mass is 9.38. The normalized spacial score (nSPS) is 11.1. The molecule has 4 rings (SSSR count). The minimum absolute atomic E-state index is 0.349. The number of allylic oxidation sites excluding steroid dienone is 1. The molecule has 0 saturated carbocycles. The van der Waals surface area contributed by atoms with Crippen LogP contribution in [0.2, 0.25) is 6.32 Å². The largest absolute Gasteiger partial charge is 0.348 e. The van der Waals surface area contributed by atoms with Crippen molar-refractivity contribution in [1.82, 2.24) is 9.97 Å². The van der Waals surface area contributed by atoms with Gasteiger partial charge in [-0.05, 0) is 52.4 Å². The van der Waals surface area contributed by atoms with Crippen LogP contribution in [-0.4, -0.2) is 16.7 Å². The number of nitrogens with one attached hydrogen (secondary N) is 1. The molecule has 37 heavy (non-hydrogen) atoms. The van der Waals surface area contributed by atoms with Crippen molar-refractivity contribution in [1.29, 1.82) is 0 Å². The molecule has 4 aromatic rings. The highest BCUT2D eigenvalue weighted by Crippen LogP contribution is 2.15. The number of rotatable bonds is 9. The van der Waals surface area contributed by atoms with E-state index in [0.29, 0.717) is 18.5 Å². The van der Waals surface area contributed by atoms with E-state index in [-0.39, 0.29) is 0 Å². The van der Waals surface area contributed by atoms with Crippen LogP contribution in [0.15, 0.2) is 96.8 Å². The van der Waals surface area contributed by atoms with Crippen molar-refractivity contribution in [2.45, 2.75) is 65.6 Å². The van der Waals surface area contributed by atoms with Crippen molar-refractivity contribution < 1.29 is 0 Å². The van der Waals surface area contributed by atoms with E-state index in [0.717, 1.165) is 25.0 Å². The third kappa shape index (κ3) is 8.79. The van der Waals surface area contributed by atoms with E-state index < -0.39 is 0 Å². The van der Waals surface area contributed by atoms with Crippen molar-refractivity contribution in [3.8, 4) is 0 Å². The molecule has 0 radical (unpaired) electrons. The van der Waals surface area contributed by atoms with E-state index >= 15 is 0 Å². The average molecular weight is 511 g/mol. The third-order valence-corrected chi connectivity index (χ3v) is 6.92. The summed E-state index contributed by atoms with van der Waals surface area (Å²) >= 11 is 5.80. The third-order valence-electron chi connectivity index (χ3n) is 6.75. The lowest BCUT2D eigenvalue weighted by Gasteiger charge is -2.17. The minimum atomic E-state index is 0.349. The lowest BCUT2D eigenvalue weighted by molar-refractivity contribution is 0.867. The maximum absolute atomic E-state index is 5.80. The smallest absolute Gasteiger partial charge is 0.213 e. The summed E-state index contributed by atoms with van der Waals surface area (Å²) in [7, 11) is 0. The van der Waals surface area contributed by atoms with Gasteiger partial charge in [0, 0.05) is 18.8 Å². The van der Waals surface area contributed by atoms with Gasteiger partial charge in [-0.1, -0.05) is 136 Å². The van der Waals surface area contributed by atoms with Gasteiger partial charge >= 0.3 is 0 Å². The van der Waals surface area contributed by atoms with Crippen LogP contribution in [0.4, 0.5) is 0 Å². The first-order chi connectivity index (χ1) is 17.9. The Bertz CT molecular complexity index is 1190. The molecule has 1 N–H and O–H groups in total. The van der Waals surface area contributed by atoms with Crippen molar-refractivity contribution >= 4 is 29.2 Å². The second-order valence-electron chi connectivity index (χ2n) is 10.2. The highest BCUT2D eigenvalue weighted by molar-refractivity contribution is 6.85. The number of imidazole rings is 1. The molecule has 0 aliphatic rings. The van der Waals surface area contributed by atoms with Gasteiger partial charge in [0.05, 0.1) is 0 Å². The summed E-state index contributed by atoms with van der Waals surface area (Å²) in [4.78, 5) is 7.32. The molecule has 0 bridgehead atoms. The van der Waals surface area contributed by atoms with Crippen LogP contribution in [-0.2, 0) is 12.8 Å². The molecule has 0 spiro atoms. The molecule has 0 atom stereocenters. The predicted octanol–water partition coefficient (Wildman–Crippen LogP) is 7.86. The van der Waals surface area contributed by atoms with Crippen LogP contribution < -0.4 is 10.9 Å². The molecular weight excluding hydrogens is 471 g/mol. The Balaban J connectivity index is 0.000000231. The van der Waals surface area contributed by atoms with Crippen LogP contribution in [0.1, 0.15) is 74.5 Å². The monoisotopic (exact) mass is 510 g/mol. The minimum Gasteiger partial charge on any atom is -0.348 e. The van der Waals surface area contributed by atoms with E-state index in [1.165, 1.54) is 33.2 Å². The number of hydrogen-bond acceptors (Lipinski definition) is 1. The SMILES string of the molecule is CC(C)c1cccc(B(CC=CCl)c2cccc(C(C)C)c2)c1.CCc1cccc(Cc2ncc[nH]2)c1. The Morgan fingerprint density at radius 3 is 1.95 bits per heavy atom. The highest BCUT2D eigenvalue weighted by atomic mass is 35.5. The highest BCUT2D eigenvalue weighted by Gasteiger charge is 2.19. The molecular formula is C33H40BClN2. The first-order valence-corrected chi connectivity index (χ1v) is 13.9. The number of nitrogens with zero attached hydrogens (tertiary/aromatic N) is 1. The molecule has 3 aromatic carbocycles. The first kappa shape index (κ1) is 28.5. The van der Waals surface area contributed by atoms with Gasteiger partial charge in [-0.2, -0.15) is 0 Å². The van der Waals surface area contributed by atoms with Gasteiger partial charge in [0.15, 0.2) is 0 Å². The summed E-state index contributed by atoms with van der Waals surface area (Å²) in [6.45, 7) is 11.5. The number of aryl methyl sites for hydroxylation is 1. The maximum Gasteiger partial charge on any atom is 0.213 e. The Kier molecular flexibility index (Phi) is 11.3. The Labute approximate surface area is 229 Å². The van der Waals surface area contributed by atoms with Gasteiger partial charge in [-0.25, -0.2) is 4.98 Å². The Morgan fingerprint density at radius 2 is 1.43 bits per heavy atom. The summed E-state index contributed by atoms with van der Waals surface area (Å²) < 4.78 is 0. The second kappa shape index (κ2) is 14.6. The molecule has 0 saturated heterocycles. The molecule has 1 heterocycles. The Hall–Kier alpha value is -3.04. The molecule has 1 aromatic heterocycles. The van der Waals surface area contributed by atoms with Crippen LogP contribution >= 0.6 is 11.6 Å². The van der Waals surface area contributed by atoms with Gasteiger partial charge in [0.25, 0.3) is 0 Å². The van der Waals surface area contributed by atoms with Gasteiger partial charge in [-0.3, -0.25) is 0 Å². The topological polar surface area (TPSA) is 28.7 Å². The molecule has 4 heteroatoms. The quantitative estimate of drug-likeness (QED) is 0.228. The number of hydrogen-bond donors (Lipinski definition) is 1. The zero-order chi connectivity index (χ0) is 26.6. The predicted molar refractivity (Wildman–Crippen MR) is 163 cm³/mol. The van der Waals surface area contributed by atoms with Crippen molar-refractivity contribution in [3.05, 3.63) is 125 Å². The number of H-pyrrole nitrogens is 1. The van der Waals surface area contributed by atoms with Crippen LogP contribution in [0.3, 0.4) is 0 Å². The van der Waals surface area contributed by atoms with Crippen molar-refractivity contribution in [2.24, 2.45) is 0 Å². The standard InChI is InChI=1S/C21H26BCl.C12H14N2/c1-16(2)18-8-5-10-20(14-18)22(12-7-13-23)21-11-6-9-19(15-21)17(3)4;1-2-10-4-3-5-11(8-10)9-12-13-6-7-14-12/h5-11,13-17H,12H2,1-4H3;3-8H,2,9H2,1H3,(H,13,14). The van der Waals surface area contributed by atoms with E-state index in [1.807, 2.05) is 6.20 Å². The van der Waals surface area contributed by atoms with Gasteiger partial charge in [0.1, 0.15) is 5.82 Å². The first-order valence-electron chi connectivity index (χ1n) is 13.4. The molecule has 0 unspecified atom stereocenters. The fraction of sp³-hybridized carbons (Fsp3) is 0.303. The number of benzene rings is 3. The second-order valence-corrected chi connectivity index (χ2v) is 10.4. The Morgan fingerprint density at radius 1 is 0.838 bits per heavy atom. The maximum atomic E-state index is 5.80. The number of aromatic amines is 1. The van der Waals surface area contributed by atoms with E-state index in [1.54, 1.807) is 11.7 Å².